The van der Waals surface area contributed by atoms with Gasteiger partial charge in [0.1, 0.15) is 5.82 Å². The molecule has 2 aromatic carbocycles. The van der Waals surface area contributed by atoms with E-state index in [0.717, 1.165) is 16.6 Å². The van der Waals surface area contributed by atoms with E-state index in [-0.39, 0.29) is 11.4 Å². The Labute approximate surface area is 108 Å². The molecule has 0 amide bonds. The monoisotopic (exact) mass is 254 g/mol. The Morgan fingerprint density at radius 3 is 2.42 bits per heavy atom. The highest BCUT2D eigenvalue weighted by molar-refractivity contribution is 5.83. The molecule has 1 N–H and O–H groups in total. The quantitative estimate of drug-likeness (QED) is 0.764. The molecule has 0 spiro atoms. The van der Waals surface area contributed by atoms with Crippen LogP contribution in [-0.2, 0) is 6.42 Å². The maximum atomic E-state index is 12.9. The lowest BCUT2D eigenvalue weighted by molar-refractivity contribution is 0.627. The van der Waals surface area contributed by atoms with Crippen LogP contribution in [-0.4, -0.2) is 10.2 Å². The molecule has 0 fully saturated rings. The van der Waals surface area contributed by atoms with Crippen LogP contribution in [0.1, 0.15) is 11.3 Å². The molecule has 0 saturated carbocycles. The first-order valence-corrected chi connectivity index (χ1v) is 5.95. The van der Waals surface area contributed by atoms with Crippen molar-refractivity contribution in [2.75, 3.05) is 0 Å². The molecule has 0 aliphatic carbocycles. The standard InChI is InChI=1S/C15H11FN2O/c16-11-7-5-10(6-8-11)9-14-12-3-1-2-4-13(12)15(19)18-17-14/h1-8H,9H2,(H,18,19). The van der Waals surface area contributed by atoms with E-state index in [1.165, 1.54) is 12.1 Å². The molecule has 3 nitrogen and oxygen atoms in total. The molecular formula is C15H11FN2O. The summed E-state index contributed by atoms with van der Waals surface area (Å²) >= 11 is 0. The van der Waals surface area contributed by atoms with Crippen LogP contribution in [0.3, 0.4) is 0 Å². The van der Waals surface area contributed by atoms with Crippen molar-refractivity contribution >= 4 is 10.8 Å². The van der Waals surface area contributed by atoms with E-state index in [2.05, 4.69) is 10.2 Å². The van der Waals surface area contributed by atoms with Crippen LogP contribution >= 0.6 is 0 Å². The molecule has 1 heterocycles. The molecule has 4 heteroatoms. The molecule has 0 unspecified atom stereocenters. The van der Waals surface area contributed by atoms with Gasteiger partial charge in [0, 0.05) is 11.8 Å². The number of hydrogen-bond acceptors (Lipinski definition) is 2. The highest BCUT2D eigenvalue weighted by atomic mass is 19.1. The van der Waals surface area contributed by atoms with Gasteiger partial charge in [0.2, 0.25) is 0 Å². The van der Waals surface area contributed by atoms with Gasteiger partial charge in [-0.2, -0.15) is 5.10 Å². The zero-order valence-electron chi connectivity index (χ0n) is 10.1. The van der Waals surface area contributed by atoms with Crippen molar-refractivity contribution < 1.29 is 4.39 Å². The van der Waals surface area contributed by atoms with E-state index < -0.39 is 0 Å². The molecule has 0 atom stereocenters. The fourth-order valence-electron chi connectivity index (χ4n) is 2.10. The van der Waals surface area contributed by atoms with Crippen LogP contribution in [0.5, 0.6) is 0 Å². The number of hydrogen-bond donors (Lipinski definition) is 1. The van der Waals surface area contributed by atoms with Crippen molar-refractivity contribution in [3.05, 3.63) is 76.0 Å². The summed E-state index contributed by atoms with van der Waals surface area (Å²) in [6, 6.07) is 13.6. The van der Waals surface area contributed by atoms with E-state index in [4.69, 9.17) is 0 Å². The van der Waals surface area contributed by atoms with Gasteiger partial charge in [0.25, 0.3) is 5.56 Å². The van der Waals surface area contributed by atoms with Gasteiger partial charge in [-0.25, -0.2) is 9.49 Å². The van der Waals surface area contributed by atoms with E-state index in [0.29, 0.717) is 11.8 Å². The molecule has 94 valence electrons. The molecule has 1 aromatic heterocycles. The van der Waals surface area contributed by atoms with Crippen LogP contribution in [0.4, 0.5) is 4.39 Å². The number of benzene rings is 2. The van der Waals surface area contributed by atoms with E-state index in [9.17, 15) is 9.18 Å². The summed E-state index contributed by atoms with van der Waals surface area (Å²) in [6.07, 6.45) is 0.553. The molecule has 0 saturated heterocycles. The van der Waals surface area contributed by atoms with Gasteiger partial charge in [-0.15, -0.1) is 0 Å². The Morgan fingerprint density at radius 2 is 1.68 bits per heavy atom. The molecule has 0 aliphatic heterocycles. The summed E-state index contributed by atoms with van der Waals surface area (Å²) in [4.78, 5) is 11.7. The smallest absolute Gasteiger partial charge is 0.267 e. The van der Waals surface area contributed by atoms with Gasteiger partial charge < -0.3 is 0 Å². The van der Waals surface area contributed by atoms with Crippen molar-refractivity contribution in [1.82, 2.24) is 10.2 Å². The van der Waals surface area contributed by atoms with Gasteiger partial charge >= 0.3 is 0 Å². The third kappa shape index (κ3) is 2.25. The highest BCUT2D eigenvalue weighted by Crippen LogP contribution is 2.16. The topological polar surface area (TPSA) is 45.8 Å². The van der Waals surface area contributed by atoms with Crippen LogP contribution in [0.2, 0.25) is 0 Å². The van der Waals surface area contributed by atoms with Gasteiger partial charge in [-0.1, -0.05) is 30.3 Å². The number of nitrogens with zero attached hydrogens (tertiary/aromatic N) is 1. The Hall–Kier alpha value is -2.49. The highest BCUT2D eigenvalue weighted by Gasteiger charge is 2.06. The first-order valence-electron chi connectivity index (χ1n) is 5.95. The van der Waals surface area contributed by atoms with Crippen LogP contribution in [0, 0.1) is 5.82 Å². The molecule has 19 heavy (non-hydrogen) atoms. The number of halogens is 1. The summed E-state index contributed by atoms with van der Waals surface area (Å²) < 4.78 is 12.9. The molecule has 0 bridgehead atoms. The number of aromatic amines is 1. The predicted octanol–water partition coefficient (Wildman–Crippen LogP) is 2.65. The summed E-state index contributed by atoms with van der Waals surface area (Å²) in [7, 11) is 0. The number of H-pyrrole nitrogens is 1. The summed E-state index contributed by atoms with van der Waals surface area (Å²) in [5.74, 6) is -0.261. The third-order valence-electron chi connectivity index (χ3n) is 3.06. The van der Waals surface area contributed by atoms with Crippen molar-refractivity contribution in [2.24, 2.45) is 0 Å². The summed E-state index contributed by atoms with van der Waals surface area (Å²) in [6.45, 7) is 0. The number of rotatable bonds is 2. The van der Waals surface area contributed by atoms with Gasteiger partial charge in [0.15, 0.2) is 0 Å². The molecule has 3 rings (SSSR count). The van der Waals surface area contributed by atoms with Gasteiger partial charge in [-0.05, 0) is 23.8 Å². The minimum atomic E-state index is -0.261. The van der Waals surface area contributed by atoms with Crippen molar-refractivity contribution in [3.8, 4) is 0 Å². The SMILES string of the molecule is O=c1[nH]nc(Cc2ccc(F)cc2)c2ccccc12. The lowest BCUT2D eigenvalue weighted by Gasteiger charge is -2.04. The van der Waals surface area contributed by atoms with E-state index in [1.807, 2.05) is 18.2 Å². The number of aromatic nitrogens is 2. The van der Waals surface area contributed by atoms with Crippen molar-refractivity contribution in [2.45, 2.75) is 6.42 Å². The Kier molecular flexibility index (Phi) is 2.83. The zero-order chi connectivity index (χ0) is 13.2. The maximum absolute atomic E-state index is 12.9. The van der Waals surface area contributed by atoms with Crippen LogP contribution < -0.4 is 5.56 Å². The maximum Gasteiger partial charge on any atom is 0.272 e. The lowest BCUT2D eigenvalue weighted by atomic mass is 10.0. The Bertz CT molecular complexity index is 778. The Balaban J connectivity index is 2.08. The van der Waals surface area contributed by atoms with Crippen molar-refractivity contribution in [1.29, 1.82) is 0 Å². The fourth-order valence-corrected chi connectivity index (χ4v) is 2.10. The normalized spacial score (nSPS) is 10.8. The largest absolute Gasteiger partial charge is 0.272 e. The van der Waals surface area contributed by atoms with Crippen LogP contribution in [0.25, 0.3) is 10.8 Å². The van der Waals surface area contributed by atoms with E-state index >= 15 is 0 Å². The second-order valence-electron chi connectivity index (χ2n) is 4.35. The number of nitrogens with one attached hydrogen (secondary N) is 1. The first kappa shape index (κ1) is 11.6. The second kappa shape index (κ2) is 4.65. The number of fused-ring (bicyclic) bond motifs is 1. The zero-order valence-corrected chi connectivity index (χ0v) is 10.1. The molecule has 0 aliphatic rings. The lowest BCUT2D eigenvalue weighted by Crippen LogP contribution is -2.11. The first-order chi connectivity index (χ1) is 9.24. The predicted molar refractivity (Wildman–Crippen MR) is 71.6 cm³/mol. The molecule has 0 radical (unpaired) electrons. The molecule has 3 aromatic rings. The minimum absolute atomic E-state index is 0.196. The average Bonchev–Trinajstić information content (AvgIpc) is 2.45. The average molecular weight is 254 g/mol. The second-order valence-corrected chi connectivity index (χ2v) is 4.35. The Morgan fingerprint density at radius 1 is 1.00 bits per heavy atom. The minimum Gasteiger partial charge on any atom is -0.267 e. The summed E-state index contributed by atoms with van der Waals surface area (Å²) in [5, 5.41) is 8.04. The fraction of sp³-hybridized carbons (Fsp3) is 0.0667. The summed E-state index contributed by atoms with van der Waals surface area (Å²) in [5.41, 5.74) is 1.53. The van der Waals surface area contributed by atoms with Gasteiger partial charge in [0.05, 0.1) is 11.1 Å². The van der Waals surface area contributed by atoms with E-state index in [1.54, 1.807) is 18.2 Å². The van der Waals surface area contributed by atoms with Crippen molar-refractivity contribution in [3.63, 3.8) is 0 Å². The third-order valence-corrected chi connectivity index (χ3v) is 3.06. The van der Waals surface area contributed by atoms with Gasteiger partial charge in [-0.3, -0.25) is 4.79 Å². The van der Waals surface area contributed by atoms with Crippen LogP contribution in [0.15, 0.2) is 53.3 Å². The molecular weight excluding hydrogens is 243 g/mol.